The molecule has 0 fully saturated rings. The van der Waals surface area contributed by atoms with Gasteiger partial charge in [-0.3, -0.25) is 0 Å². The summed E-state index contributed by atoms with van der Waals surface area (Å²) in [6.45, 7) is 0. The van der Waals surface area contributed by atoms with Gasteiger partial charge in [0.25, 0.3) is 10.2 Å². The standard InChI is InChI=1S/C9H10ClFN2O2S/c10-6-2-3-7(11)9-5(6)1-4-8(9)13-16(12,14)15/h2-3,8,13H,1,4H2,(H2,12,14,15). The molecule has 0 saturated carbocycles. The van der Waals surface area contributed by atoms with Gasteiger partial charge in [0.15, 0.2) is 0 Å². The molecule has 1 aromatic rings. The van der Waals surface area contributed by atoms with Crippen molar-refractivity contribution in [2.24, 2.45) is 5.14 Å². The predicted octanol–water partition coefficient (Wildman–Crippen LogP) is 1.26. The summed E-state index contributed by atoms with van der Waals surface area (Å²) in [5.41, 5.74) is 0.962. The molecule has 0 radical (unpaired) electrons. The second kappa shape index (κ2) is 3.96. The Bertz CT molecular complexity index is 533. The fourth-order valence-corrected chi connectivity index (χ4v) is 2.88. The van der Waals surface area contributed by atoms with E-state index in [1.807, 2.05) is 0 Å². The monoisotopic (exact) mass is 264 g/mol. The average molecular weight is 265 g/mol. The van der Waals surface area contributed by atoms with Crippen molar-refractivity contribution in [2.75, 3.05) is 0 Å². The van der Waals surface area contributed by atoms with Crippen molar-refractivity contribution in [3.8, 4) is 0 Å². The molecule has 4 nitrogen and oxygen atoms in total. The molecular formula is C9H10ClFN2O2S. The van der Waals surface area contributed by atoms with Crippen molar-refractivity contribution in [1.82, 2.24) is 4.72 Å². The Hall–Kier alpha value is -0.690. The van der Waals surface area contributed by atoms with E-state index in [-0.39, 0.29) is 0 Å². The first kappa shape index (κ1) is 11.8. The van der Waals surface area contributed by atoms with E-state index in [0.717, 1.165) is 0 Å². The smallest absolute Gasteiger partial charge is 0.216 e. The van der Waals surface area contributed by atoms with Crippen LogP contribution in [0.4, 0.5) is 4.39 Å². The summed E-state index contributed by atoms with van der Waals surface area (Å²) in [7, 11) is -3.84. The third-order valence-electron chi connectivity index (χ3n) is 2.58. The van der Waals surface area contributed by atoms with Crippen molar-refractivity contribution >= 4 is 21.8 Å². The number of hydrogen-bond donors (Lipinski definition) is 2. The molecule has 1 aliphatic carbocycles. The van der Waals surface area contributed by atoms with Crippen molar-refractivity contribution in [3.63, 3.8) is 0 Å². The van der Waals surface area contributed by atoms with Crippen molar-refractivity contribution in [1.29, 1.82) is 0 Å². The zero-order valence-corrected chi connectivity index (χ0v) is 9.78. The molecule has 1 atom stereocenters. The fraction of sp³-hybridized carbons (Fsp3) is 0.333. The van der Waals surface area contributed by atoms with E-state index >= 15 is 0 Å². The minimum Gasteiger partial charge on any atom is -0.216 e. The van der Waals surface area contributed by atoms with E-state index in [2.05, 4.69) is 4.72 Å². The third kappa shape index (κ3) is 2.20. The van der Waals surface area contributed by atoms with Gasteiger partial charge in [0.05, 0.1) is 6.04 Å². The first-order valence-electron chi connectivity index (χ1n) is 4.65. The van der Waals surface area contributed by atoms with Crippen LogP contribution in [-0.4, -0.2) is 8.42 Å². The lowest BCUT2D eigenvalue weighted by Crippen LogP contribution is -2.33. The van der Waals surface area contributed by atoms with E-state index in [4.69, 9.17) is 16.7 Å². The summed E-state index contributed by atoms with van der Waals surface area (Å²) in [4.78, 5) is 0. The molecule has 0 amide bonds. The molecular weight excluding hydrogens is 255 g/mol. The maximum atomic E-state index is 13.6. The van der Waals surface area contributed by atoms with Gasteiger partial charge in [0, 0.05) is 10.6 Å². The molecule has 0 aliphatic heterocycles. The first-order valence-corrected chi connectivity index (χ1v) is 6.58. The number of nitrogens with one attached hydrogen (secondary N) is 1. The zero-order valence-electron chi connectivity index (χ0n) is 8.20. The fourth-order valence-electron chi connectivity index (χ4n) is 1.99. The molecule has 0 aromatic heterocycles. The highest BCUT2D eigenvalue weighted by Crippen LogP contribution is 2.37. The largest absolute Gasteiger partial charge is 0.274 e. The maximum absolute atomic E-state index is 13.6. The molecule has 0 bridgehead atoms. The summed E-state index contributed by atoms with van der Waals surface area (Å²) in [5, 5.41) is 5.32. The SMILES string of the molecule is NS(=O)(=O)NC1CCc2c(Cl)ccc(F)c21. The van der Waals surface area contributed by atoms with E-state index < -0.39 is 22.1 Å². The Kier molecular flexibility index (Phi) is 2.91. The molecule has 2 rings (SSSR count). The van der Waals surface area contributed by atoms with Crippen LogP contribution in [0.25, 0.3) is 0 Å². The maximum Gasteiger partial charge on any atom is 0.274 e. The molecule has 1 unspecified atom stereocenters. The second-order valence-electron chi connectivity index (χ2n) is 3.68. The van der Waals surface area contributed by atoms with E-state index in [1.165, 1.54) is 12.1 Å². The van der Waals surface area contributed by atoms with Gasteiger partial charge in [0.1, 0.15) is 5.82 Å². The van der Waals surface area contributed by atoms with Crippen LogP contribution in [-0.2, 0) is 16.6 Å². The molecule has 1 aromatic carbocycles. The number of rotatable bonds is 2. The normalized spacial score (nSPS) is 19.8. The van der Waals surface area contributed by atoms with Crippen LogP contribution in [0, 0.1) is 5.82 Å². The molecule has 0 spiro atoms. The number of halogens is 2. The molecule has 1 aliphatic rings. The summed E-state index contributed by atoms with van der Waals surface area (Å²) in [6.07, 6.45) is 1.01. The van der Waals surface area contributed by atoms with Gasteiger partial charge < -0.3 is 0 Å². The van der Waals surface area contributed by atoms with E-state index in [0.29, 0.717) is 29.0 Å². The Morgan fingerprint density at radius 2 is 2.19 bits per heavy atom. The highest BCUT2D eigenvalue weighted by molar-refractivity contribution is 7.87. The van der Waals surface area contributed by atoms with Crippen LogP contribution in [0.15, 0.2) is 12.1 Å². The first-order chi connectivity index (χ1) is 7.38. The van der Waals surface area contributed by atoms with Crippen molar-refractivity contribution in [3.05, 3.63) is 34.1 Å². The summed E-state index contributed by atoms with van der Waals surface area (Å²) < 4.78 is 37.6. The molecule has 0 saturated heterocycles. The highest BCUT2D eigenvalue weighted by atomic mass is 35.5. The van der Waals surface area contributed by atoms with Crippen molar-refractivity contribution in [2.45, 2.75) is 18.9 Å². The second-order valence-corrected chi connectivity index (χ2v) is 5.41. The lowest BCUT2D eigenvalue weighted by Gasteiger charge is -2.12. The molecule has 0 heterocycles. The lowest BCUT2D eigenvalue weighted by atomic mass is 10.1. The summed E-state index contributed by atoms with van der Waals surface area (Å²) in [5.74, 6) is -0.460. The summed E-state index contributed by atoms with van der Waals surface area (Å²) >= 11 is 5.90. The Morgan fingerprint density at radius 3 is 2.81 bits per heavy atom. The van der Waals surface area contributed by atoms with Crippen LogP contribution in [0.1, 0.15) is 23.6 Å². The molecule has 7 heteroatoms. The number of hydrogen-bond acceptors (Lipinski definition) is 2. The Balaban J connectivity index is 2.43. The number of benzene rings is 1. The third-order valence-corrected chi connectivity index (χ3v) is 3.55. The van der Waals surface area contributed by atoms with Gasteiger partial charge in [-0.25, -0.2) is 9.53 Å². The predicted molar refractivity (Wildman–Crippen MR) is 58.7 cm³/mol. The highest BCUT2D eigenvalue weighted by Gasteiger charge is 2.29. The molecule has 88 valence electrons. The van der Waals surface area contributed by atoms with Gasteiger partial charge in [-0.15, -0.1) is 0 Å². The molecule has 3 N–H and O–H groups in total. The number of fused-ring (bicyclic) bond motifs is 1. The lowest BCUT2D eigenvalue weighted by molar-refractivity contribution is 0.539. The van der Waals surface area contributed by atoms with Gasteiger partial charge in [-0.1, -0.05) is 11.6 Å². The summed E-state index contributed by atoms with van der Waals surface area (Å²) in [6, 6.07) is 2.07. The topological polar surface area (TPSA) is 72.2 Å². The zero-order chi connectivity index (χ0) is 11.9. The minimum absolute atomic E-state index is 0.307. The van der Waals surface area contributed by atoms with Gasteiger partial charge >= 0.3 is 0 Å². The molecule has 16 heavy (non-hydrogen) atoms. The Morgan fingerprint density at radius 1 is 1.50 bits per heavy atom. The van der Waals surface area contributed by atoms with Gasteiger partial charge in [-0.05, 0) is 30.5 Å². The number of nitrogens with two attached hydrogens (primary N) is 1. The average Bonchev–Trinajstić information content (AvgIpc) is 2.54. The van der Waals surface area contributed by atoms with E-state index in [1.54, 1.807) is 0 Å². The minimum atomic E-state index is -3.84. The van der Waals surface area contributed by atoms with Gasteiger partial charge in [-0.2, -0.15) is 13.1 Å². The quantitative estimate of drug-likeness (QED) is 0.844. The van der Waals surface area contributed by atoms with Crippen LogP contribution >= 0.6 is 11.6 Å². The van der Waals surface area contributed by atoms with Crippen LogP contribution in [0.5, 0.6) is 0 Å². The van der Waals surface area contributed by atoms with E-state index in [9.17, 15) is 12.8 Å². The van der Waals surface area contributed by atoms with Crippen molar-refractivity contribution < 1.29 is 12.8 Å². The van der Waals surface area contributed by atoms with Crippen LogP contribution in [0.2, 0.25) is 5.02 Å². The van der Waals surface area contributed by atoms with Crippen LogP contribution < -0.4 is 9.86 Å². The Labute approximate surface area is 97.8 Å². The van der Waals surface area contributed by atoms with Gasteiger partial charge in [0.2, 0.25) is 0 Å². The van der Waals surface area contributed by atoms with Crippen LogP contribution in [0.3, 0.4) is 0 Å².